The van der Waals surface area contributed by atoms with Gasteiger partial charge >= 0.3 is 11.7 Å². The topological polar surface area (TPSA) is 143 Å². The van der Waals surface area contributed by atoms with Crippen LogP contribution in [0.15, 0.2) is 17.1 Å². The maximum Gasteiger partial charge on any atom is 0.351 e. The number of halogens is 2. The van der Waals surface area contributed by atoms with Crippen molar-refractivity contribution in [1.82, 2.24) is 9.55 Å². The van der Waals surface area contributed by atoms with Gasteiger partial charge in [-0.25, -0.2) is 9.18 Å². The Hall–Kier alpha value is -1.75. The molecule has 1 saturated heterocycles. The number of fused-ring (bicyclic) bond motifs is 1. The van der Waals surface area contributed by atoms with Crippen molar-refractivity contribution in [2.45, 2.75) is 49.6 Å². The highest BCUT2D eigenvalue weighted by atomic mass is 35.5. The molecule has 2 unspecified atom stereocenters. The van der Waals surface area contributed by atoms with Gasteiger partial charge in [-0.05, 0) is 12.0 Å². The van der Waals surface area contributed by atoms with Crippen LogP contribution < -0.4 is 17.2 Å². The molecule has 144 valence electrons. The fourth-order valence-electron chi connectivity index (χ4n) is 3.24. The van der Waals surface area contributed by atoms with Crippen molar-refractivity contribution in [3.05, 3.63) is 22.7 Å². The third-order valence-corrected chi connectivity index (χ3v) is 5.40. The number of aromatic nitrogens is 2. The number of anilines is 1. The molecule has 3 rings (SSSR count). The van der Waals surface area contributed by atoms with Gasteiger partial charge in [0, 0.05) is 6.20 Å². The van der Waals surface area contributed by atoms with E-state index < -0.39 is 47.4 Å². The number of ether oxygens (including phenoxy) is 2. The van der Waals surface area contributed by atoms with E-state index in [-0.39, 0.29) is 17.6 Å². The van der Waals surface area contributed by atoms with Crippen molar-refractivity contribution in [3.63, 3.8) is 0 Å². The van der Waals surface area contributed by atoms with Crippen LogP contribution in [0.2, 0.25) is 0 Å². The van der Waals surface area contributed by atoms with Crippen molar-refractivity contribution in [1.29, 1.82) is 0 Å². The van der Waals surface area contributed by atoms with Crippen molar-refractivity contribution in [2.75, 3.05) is 11.6 Å². The summed E-state index contributed by atoms with van der Waals surface area (Å²) in [6, 6.07) is 0.274. The second kappa shape index (κ2) is 6.15. The minimum absolute atomic E-state index is 0.0408. The van der Waals surface area contributed by atoms with E-state index in [9.17, 15) is 14.7 Å². The molecule has 1 aliphatic heterocycles. The first-order chi connectivity index (χ1) is 12.1. The molecule has 1 saturated carbocycles. The van der Waals surface area contributed by atoms with Crippen molar-refractivity contribution in [2.24, 2.45) is 11.7 Å². The van der Waals surface area contributed by atoms with Crippen LogP contribution in [0.3, 0.4) is 0 Å². The molecular formula is C15H20ClFN4O5. The van der Waals surface area contributed by atoms with Crippen molar-refractivity contribution >= 4 is 23.4 Å². The highest BCUT2D eigenvalue weighted by molar-refractivity contribution is 6.19. The van der Waals surface area contributed by atoms with Gasteiger partial charge in [0.25, 0.3) is 0 Å². The quantitative estimate of drug-likeness (QED) is 0.443. The zero-order valence-electron chi connectivity index (χ0n) is 14.1. The summed E-state index contributed by atoms with van der Waals surface area (Å²) < 4.78 is 27.0. The summed E-state index contributed by atoms with van der Waals surface area (Å²) in [4.78, 5) is 27.8. The number of carbonyl (C=O) groups is 1. The number of alkyl halides is 2. The van der Waals surface area contributed by atoms with Crippen molar-refractivity contribution in [3.8, 4) is 0 Å². The number of hydrogen-bond donors (Lipinski definition) is 3. The maximum absolute atomic E-state index is 15.3. The Morgan fingerprint density at radius 1 is 1.62 bits per heavy atom. The standard InChI is InChI=1S/C15H20ClFN4O5/c1-6(2)8(19)11(22)26-15-9(17)10(25-14(15,5-16)12(15)23)21-4-3-7(18)20-13(21)24/h3-4,6,8-10,12,23H,5,19H2,1-2H3,(H2,18,20,24)/t8?,9-,10+,12?,14+,15+/m0/s1. The van der Waals surface area contributed by atoms with E-state index in [0.717, 1.165) is 4.57 Å². The zero-order valence-corrected chi connectivity index (χ0v) is 14.9. The SMILES string of the molecule is CC(C)C(N)C(=O)O[C@]12C(O)[C@@]1(CCl)O[C@@H](n1ccc(N)nc1=O)[C@@H]2F. The number of rotatable bonds is 5. The van der Waals surface area contributed by atoms with E-state index >= 15 is 4.39 Å². The minimum atomic E-state index is -2.07. The molecule has 0 spiro atoms. The normalized spacial score (nSPS) is 36.7. The fourth-order valence-corrected chi connectivity index (χ4v) is 3.66. The molecule has 0 bridgehead atoms. The monoisotopic (exact) mass is 390 g/mol. The second-order valence-corrected chi connectivity index (χ2v) is 7.13. The molecule has 0 radical (unpaired) electrons. The number of nitrogen functional groups attached to an aromatic ring is 1. The summed E-state index contributed by atoms with van der Waals surface area (Å²) in [5.41, 5.74) is 6.61. The predicted octanol–water partition coefficient (Wildman–Crippen LogP) is -0.690. The lowest BCUT2D eigenvalue weighted by molar-refractivity contribution is -0.162. The van der Waals surface area contributed by atoms with E-state index in [2.05, 4.69) is 4.98 Å². The number of aliphatic hydroxyl groups excluding tert-OH is 1. The first-order valence-corrected chi connectivity index (χ1v) is 8.55. The van der Waals surface area contributed by atoms with Crippen LogP contribution in [0.4, 0.5) is 10.2 Å². The van der Waals surface area contributed by atoms with E-state index in [0.29, 0.717) is 0 Å². The molecule has 6 atom stereocenters. The molecule has 11 heteroatoms. The molecule has 2 aliphatic rings. The second-order valence-electron chi connectivity index (χ2n) is 6.86. The molecule has 1 aromatic rings. The summed E-state index contributed by atoms with van der Waals surface area (Å²) >= 11 is 5.89. The molecule has 5 N–H and O–H groups in total. The van der Waals surface area contributed by atoms with E-state index in [4.69, 9.17) is 32.5 Å². The van der Waals surface area contributed by atoms with Crippen LogP contribution >= 0.6 is 11.6 Å². The maximum atomic E-state index is 15.3. The molecule has 2 fully saturated rings. The lowest BCUT2D eigenvalue weighted by Gasteiger charge is -2.24. The van der Waals surface area contributed by atoms with Gasteiger partial charge in [0.15, 0.2) is 18.0 Å². The summed E-state index contributed by atoms with van der Waals surface area (Å²) in [6.45, 7) is 3.39. The number of nitrogens with zero attached hydrogens (tertiary/aromatic N) is 2. The Kier molecular flexibility index (Phi) is 4.50. The average Bonchev–Trinajstić information content (AvgIpc) is 2.97. The minimum Gasteiger partial charge on any atom is -0.448 e. The van der Waals surface area contributed by atoms with Gasteiger partial charge in [-0.1, -0.05) is 13.8 Å². The summed E-state index contributed by atoms with van der Waals surface area (Å²) in [5, 5.41) is 10.3. The Bertz CT molecular complexity index is 792. The van der Waals surface area contributed by atoms with Gasteiger partial charge in [0.05, 0.1) is 5.88 Å². The Morgan fingerprint density at radius 2 is 2.27 bits per heavy atom. The van der Waals surface area contributed by atoms with Crippen LogP contribution in [0, 0.1) is 5.92 Å². The van der Waals surface area contributed by atoms with E-state index in [1.54, 1.807) is 13.8 Å². The van der Waals surface area contributed by atoms with Crippen LogP contribution in [0.1, 0.15) is 20.1 Å². The van der Waals surface area contributed by atoms with E-state index in [1.807, 2.05) is 0 Å². The number of hydrogen-bond acceptors (Lipinski definition) is 8. The van der Waals surface area contributed by atoms with E-state index in [1.165, 1.54) is 12.3 Å². The average molecular weight is 391 g/mol. The zero-order chi connectivity index (χ0) is 19.4. The molecule has 2 heterocycles. The molecule has 1 aliphatic carbocycles. The highest BCUT2D eigenvalue weighted by Gasteiger charge is 2.91. The van der Waals surface area contributed by atoms with Gasteiger partial charge in [-0.15, -0.1) is 11.6 Å². The lowest BCUT2D eigenvalue weighted by atomic mass is 10.1. The van der Waals surface area contributed by atoms with Gasteiger partial charge in [-0.2, -0.15) is 4.98 Å². The molecule has 26 heavy (non-hydrogen) atoms. The predicted molar refractivity (Wildman–Crippen MR) is 89.0 cm³/mol. The molecule has 1 aromatic heterocycles. The smallest absolute Gasteiger partial charge is 0.351 e. The van der Waals surface area contributed by atoms with Crippen molar-refractivity contribution < 1.29 is 23.8 Å². The summed E-state index contributed by atoms with van der Waals surface area (Å²) in [5.74, 6) is -1.55. The number of nitrogens with two attached hydrogens (primary N) is 2. The van der Waals surface area contributed by atoms with Crippen LogP contribution in [-0.4, -0.2) is 56.0 Å². The van der Waals surface area contributed by atoms with Gasteiger partial charge < -0.3 is 26.0 Å². The Labute approximate surface area is 153 Å². The van der Waals surface area contributed by atoms with Crippen LogP contribution in [-0.2, 0) is 14.3 Å². The third kappa shape index (κ3) is 2.36. The van der Waals surface area contributed by atoms with Crippen LogP contribution in [0.5, 0.6) is 0 Å². The largest absolute Gasteiger partial charge is 0.448 e. The first-order valence-electron chi connectivity index (χ1n) is 8.01. The number of carbonyl (C=O) groups excluding carboxylic acids is 1. The third-order valence-electron chi connectivity index (χ3n) is 5.00. The Morgan fingerprint density at radius 3 is 2.81 bits per heavy atom. The van der Waals surface area contributed by atoms with Gasteiger partial charge in [0.1, 0.15) is 18.0 Å². The van der Waals surface area contributed by atoms with Gasteiger partial charge in [0.2, 0.25) is 5.60 Å². The highest BCUT2D eigenvalue weighted by Crippen LogP contribution is 2.66. The number of esters is 1. The van der Waals surface area contributed by atoms with Crippen LogP contribution in [0.25, 0.3) is 0 Å². The lowest BCUT2D eigenvalue weighted by Crippen LogP contribution is -2.45. The molecule has 9 nitrogen and oxygen atoms in total. The molecule has 0 amide bonds. The molecular weight excluding hydrogens is 371 g/mol. The molecule has 0 aromatic carbocycles. The van der Waals surface area contributed by atoms with Gasteiger partial charge in [-0.3, -0.25) is 9.36 Å². The summed E-state index contributed by atoms with van der Waals surface area (Å²) in [6.07, 6.45) is -3.83. The number of aliphatic hydroxyl groups is 1. The first kappa shape index (κ1) is 19.0. The summed E-state index contributed by atoms with van der Waals surface area (Å²) in [7, 11) is 0. The fraction of sp³-hybridized carbons (Fsp3) is 0.667. The Balaban J connectivity index is 1.95.